The third-order valence-corrected chi connectivity index (χ3v) is 4.83. The molecule has 0 saturated carbocycles. The number of nitrogens with zero attached hydrogens (tertiary/aromatic N) is 1. The number of nitrogens with one attached hydrogen (secondary N) is 1. The molecule has 1 heterocycles. The van der Waals surface area contributed by atoms with Crippen molar-refractivity contribution < 1.29 is 19.5 Å². The summed E-state index contributed by atoms with van der Waals surface area (Å²) in [4.78, 5) is 37.3. The lowest BCUT2D eigenvalue weighted by Crippen LogP contribution is -2.28. The summed E-state index contributed by atoms with van der Waals surface area (Å²) >= 11 is 6.12. The molecular formula is C19H17ClN2O4. The fourth-order valence-electron chi connectivity index (χ4n) is 2.94. The number of benzene rings is 2. The van der Waals surface area contributed by atoms with Crippen LogP contribution in [0, 0.1) is 12.8 Å². The van der Waals surface area contributed by atoms with Crippen LogP contribution < -0.4 is 10.2 Å². The molecule has 1 aliphatic rings. The molecular weight excluding hydrogens is 356 g/mol. The van der Waals surface area contributed by atoms with Crippen molar-refractivity contribution in [2.45, 2.75) is 13.3 Å². The topological polar surface area (TPSA) is 86.7 Å². The molecule has 1 atom stereocenters. The molecule has 0 spiro atoms. The minimum absolute atomic E-state index is 0.116. The SMILES string of the molecule is Cc1c(Cl)cccc1N1C[C@H](C(=O)Nc2ccc(C(=O)O)cc2)CC1=O. The number of carbonyl (C=O) groups is 3. The number of carboxylic acids is 1. The molecule has 6 nitrogen and oxygen atoms in total. The van der Waals surface area contributed by atoms with E-state index < -0.39 is 11.9 Å². The fraction of sp³-hybridized carbons (Fsp3) is 0.211. The summed E-state index contributed by atoms with van der Waals surface area (Å²) < 4.78 is 0. The van der Waals surface area contributed by atoms with Gasteiger partial charge in [0.05, 0.1) is 11.5 Å². The first-order valence-electron chi connectivity index (χ1n) is 8.06. The minimum atomic E-state index is -1.03. The number of rotatable bonds is 4. The minimum Gasteiger partial charge on any atom is -0.478 e. The Kier molecular flexibility index (Phi) is 4.95. The van der Waals surface area contributed by atoms with E-state index in [9.17, 15) is 14.4 Å². The van der Waals surface area contributed by atoms with Crippen LogP contribution in [0.1, 0.15) is 22.3 Å². The van der Waals surface area contributed by atoms with Crippen molar-refractivity contribution in [3.05, 3.63) is 58.6 Å². The maximum atomic E-state index is 12.5. The van der Waals surface area contributed by atoms with Gasteiger partial charge in [-0.3, -0.25) is 9.59 Å². The number of anilines is 2. The molecule has 0 aromatic heterocycles. The van der Waals surface area contributed by atoms with Crippen LogP contribution in [0.5, 0.6) is 0 Å². The van der Waals surface area contributed by atoms with Crippen LogP contribution in [-0.4, -0.2) is 29.4 Å². The summed E-state index contributed by atoms with van der Waals surface area (Å²) in [6.45, 7) is 2.11. The fourth-order valence-corrected chi connectivity index (χ4v) is 3.11. The molecule has 2 N–H and O–H groups in total. The number of hydrogen-bond acceptors (Lipinski definition) is 3. The van der Waals surface area contributed by atoms with Gasteiger partial charge < -0.3 is 15.3 Å². The Bertz CT molecular complexity index is 880. The second-order valence-corrected chi connectivity index (χ2v) is 6.57. The molecule has 2 aromatic carbocycles. The van der Waals surface area contributed by atoms with Crippen LogP contribution >= 0.6 is 11.6 Å². The number of halogens is 1. The average molecular weight is 373 g/mol. The van der Waals surface area contributed by atoms with Gasteiger partial charge in [-0.15, -0.1) is 0 Å². The van der Waals surface area contributed by atoms with Gasteiger partial charge in [0.1, 0.15) is 0 Å². The summed E-state index contributed by atoms with van der Waals surface area (Å²) in [7, 11) is 0. The Labute approximate surface area is 155 Å². The first-order chi connectivity index (χ1) is 12.4. The Hall–Kier alpha value is -2.86. The molecule has 7 heteroatoms. The van der Waals surface area contributed by atoms with Crippen molar-refractivity contribution in [1.82, 2.24) is 0 Å². The summed E-state index contributed by atoms with van der Waals surface area (Å²) in [6, 6.07) is 11.2. The van der Waals surface area contributed by atoms with E-state index in [1.807, 2.05) is 13.0 Å². The summed E-state index contributed by atoms with van der Waals surface area (Å²) in [5.41, 5.74) is 2.14. The van der Waals surface area contributed by atoms with Gasteiger partial charge in [-0.25, -0.2) is 4.79 Å². The highest BCUT2D eigenvalue weighted by atomic mass is 35.5. The molecule has 1 saturated heterocycles. The number of carbonyl (C=O) groups excluding carboxylic acids is 2. The van der Waals surface area contributed by atoms with Crippen molar-refractivity contribution in [3.8, 4) is 0 Å². The molecule has 0 bridgehead atoms. The largest absolute Gasteiger partial charge is 0.478 e. The highest BCUT2D eigenvalue weighted by molar-refractivity contribution is 6.31. The zero-order valence-electron chi connectivity index (χ0n) is 14.0. The van der Waals surface area contributed by atoms with E-state index in [1.54, 1.807) is 17.0 Å². The van der Waals surface area contributed by atoms with Crippen LogP contribution in [0.2, 0.25) is 5.02 Å². The van der Waals surface area contributed by atoms with E-state index in [0.717, 1.165) is 5.56 Å². The summed E-state index contributed by atoms with van der Waals surface area (Å²) in [5, 5.41) is 12.2. The number of hydrogen-bond donors (Lipinski definition) is 2. The molecule has 1 aliphatic heterocycles. The maximum Gasteiger partial charge on any atom is 0.335 e. The molecule has 0 radical (unpaired) electrons. The third kappa shape index (κ3) is 3.55. The van der Waals surface area contributed by atoms with Gasteiger partial charge in [-0.1, -0.05) is 17.7 Å². The Morgan fingerprint density at radius 1 is 1.19 bits per heavy atom. The van der Waals surface area contributed by atoms with Gasteiger partial charge in [-0.2, -0.15) is 0 Å². The smallest absolute Gasteiger partial charge is 0.335 e. The van der Waals surface area contributed by atoms with Crippen LogP contribution in [-0.2, 0) is 9.59 Å². The van der Waals surface area contributed by atoms with E-state index in [1.165, 1.54) is 24.3 Å². The number of carboxylic acid groups (broad SMARTS) is 1. The van der Waals surface area contributed by atoms with Gasteiger partial charge in [0.15, 0.2) is 0 Å². The second-order valence-electron chi connectivity index (χ2n) is 6.16. The van der Waals surface area contributed by atoms with Crippen LogP contribution in [0.3, 0.4) is 0 Å². The summed E-state index contributed by atoms with van der Waals surface area (Å²) in [6.07, 6.45) is 0.116. The van der Waals surface area contributed by atoms with Gasteiger partial charge in [-0.05, 0) is 48.9 Å². The van der Waals surface area contributed by atoms with E-state index in [2.05, 4.69) is 5.32 Å². The highest BCUT2D eigenvalue weighted by Gasteiger charge is 2.35. The van der Waals surface area contributed by atoms with Crippen molar-refractivity contribution >= 4 is 40.8 Å². The molecule has 2 aromatic rings. The van der Waals surface area contributed by atoms with E-state index >= 15 is 0 Å². The van der Waals surface area contributed by atoms with Crippen molar-refractivity contribution in [1.29, 1.82) is 0 Å². The van der Waals surface area contributed by atoms with E-state index in [-0.39, 0.29) is 30.3 Å². The maximum absolute atomic E-state index is 12.5. The standard InChI is InChI=1S/C19H17ClN2O4/c1-11-15(20)3-2-4-16(11)22-10-13(9-17(22)23)18(24)21-14-7-5-12(6-8-14)19(25)26/h2-8,13H,9-10H2,1H3,(H,21,24)(H,25,26)/t13-/m1/s1. The average Bonchev–Trinajstić information content (AvgIpc) is 2.99. The van der Waals surface area contributed by atoms with Gasteiger partial charge >= 0.3 is 5.97 Å². The predicted molar refractivity (Wildman–Crippen MR) is 98.7 cm³/mol. The first kappa shape index (κ1) is 17.9. The zero-order valence-corrected chi connectivity index (χ0v) is 14.8. The van der Waals surface area contributed by atoms with Gasteiger partial charge in [0, 0.05) is 29.4 Å². The van der Waals surface area contributed by atoms with Gasteiger partial charge in [0.2, 0.25) is 11.8 Å². The third-order valence-electron chi connectivity index (χ3n) is 4.43. The quantitative estimate of drug-likeness (QED) is 0.861. The van der Waals surface area contributed by atoms with Crippen LogP contribution in [0.25, 0.3) is 0 Å². The van der Waals surface area contributed by atoms with Gasteiger partial charge in [0.25, 0.3) is 0 Å². The molecule has 2 amide bonds. The molecule has 0 aliphatic carbocycles. The lowest BCUT2D eigenvalue weighted by atomic mass is 10.1. The van der Waals surface area contributed by atoms with E-state index in [0.29, 0.717) is 16.4 Å². The molecule has 3 rings (SSSR count). The highest BCUT2D eigenvalue weighted by Crippen LogP contribution is 2.31. The first-order valence-corrected chi connectivity index (χ1v) is 8.44. The summed E-state index contributed by atoms with van der Waals surface area (Å²) in [5.74, 6) is -1.92. The molecule has 134 valence electrons. The normalized spacial score (nSPS) is 16.6. The molecule has 0 unspecified atom stereocenters. The van der Waals surface area contributed by atoms with Crippen molar-refractivity contribution in [2.75, 3.05) is 16.8 Å². The molecule has 26 heavy (non-hydrogen) atoms. The number of aromatic carboxylic acids is 1. The predicted octanol–water partition coefficient (Wildman–Crippen LogP) is 3.34. The van der Waals surface area contributed by atoms with Crippen molar-refractivity contribution in [3.63, 3.8) is 0 Å². The zero-order chi connectivity index (χ0) is 18.8. The Balaban J connectivity index is 1.71. The van der Waals surface area contributed by atoms with Crippen LogP contribution in [0.4, 0.5) is 11.4 Å². The molecule has 1 fully saturated rings. The second kappa shape index (κ2) is 7.17. The lowest BCUT2D eigenvalue weighted by Gasteiger charge is -2.19. The monoisotopic (exact) mass is 372 g/mol. The Morgan fingerprint density at radius 2 is 1.88 bits per heavy atom. The number of amides is 2. The van der Waals surface area contributed by atoms with Crippen LogP contribution in [0.15, 0.2) is 42.5 Å². The Morgan fingerprint density at radius 3 is 2.54 bits per heavy atom. The van der Waals surface area contributed by atoms with Crippen molar-refractivity contribution in [2.24, 2.45) is 5.92 Å². The lowest BCUT2D eigenvalue weighted by molar-refractivity contribution is -0.122. The van der Waals surface area contributed by atoms with E-state index in [4.69, 9.17) is 16.7 Å².